The fraction of sp³-hybridized carbons (Fsp3) is 0.533. The zero-order chi connectivity index (χ0) is 13.7. The van der Waals surface area contributed by atoms with Gasteiger partial charge in [0, 0.05) is 11.4 Å². The van der Waals surface area contributed by atoms with Gasteiger partial charge in [0.2, 0.25) is 0 Å². The Morgan fingerprint density at radius 3 is 2.74 bits per heavy atom. The molecule has 0 amide bonds. The fourth-order valence-corrected chi connectivity index (χ4v) is 2.96. The second kappa shape index (κ2) is 6.85. The largest absolute Gasteiger partial charge is 0.494 e. The third-order valence-corrected chi connectivity index (χ3v) is 4.04. The molecule has 0 saturated heterocycles. The van der Waals surface area contributed by atoms with E-state index in [9.17, 15) is 0 Å². The number of nitrogens with one attached hydrogen (secondary N) is 1. The van der Waals surface area contributed by atoms with Gasteiger partial charge in [0.05, 0.1) is 12.6 Å². The van der Waals surface area contributed by atoms with Crippen LogP contribution in [0.15, 0.2) is 29.3 Å². The Kier molecular flexibility index (Phi) is 5.14. The van der Waals surface area contributed by atoms with Gasteiger partial charge >= 0.3 is 0 Å². The van der Waals surface area contributed by atoms with E-state index in [0.29, 0.717) is 18.6 Å². The number of aliphatic imine (C=N–C) groups is 1. The van der Waals surface area contributed by atoms with Crippen molar-refractivity contribution in [2.45, 2.75) is 33.2 Å². The summed E-state index contributed by atoms with van der Waals surface area (Å²) in [5.41, 5.74) is 1.07. The van der Waals surface area contributed by atoms with E-state index in [1.54, 1.807) is 11.8 Å². The summed E-state index contributed by atoms with van der Waals surface area (Å²) >= 11 is 1.80. The molecule has 19 heavy (non-hydrogen) atoms. The van der Waals surface area contributed by atoms with E-state index in [1.165, 1.54) is 6.42 Å². The first-order valence-corrected chi connectivity index (χ1v) is 7.88. The first-order valence-electron chi connectivity index (χ1n) is 6.89. The van der Waals surface area contributed by atoms with Gasteiger partial charge in [0.1, 0.15) is 5.75 Å². The molecule has 1 aliphatic rings. The minimum absolute atomic E-state index is 0.450. The van der Waals surface area contributed by atoms with Crippen LogP contribution in [0, 0.1) is 5.92 Å². The van der Waals surface area contributed by atoms with E-state index >= 15 is 0 Å². The molecule has 104 valence electrons. The second-order valence-corrected chi connectivity index (χ2v) is 6.05. The maximum atomic E-state index is 5.44. The molecule has 0 bridgehead atoms. The van der Waals surface area contributed by atoms with E-state index in [2.05, 4.69) is 19.2 Å². The Balaban J connectivity index is 2.00. The lowest BCUT2D eigenvalue weighted by Gasteiger charge is -2.23. The molecule has 1 N–H and O–H groups in total. The molecule has 3 nitrogen and oxygen atoms in total. The zero-order valence-corrected chi connectivity index (χ0v) is 12.7. The highest BCUT2D eigenvalue weighted by Crippen LogP contribution is 2.24. The number of anilines is 1. The molecule has 1 aromatic carbocycles. The minimum Gasteiger partial charge on any atom is -0.494 e. The van der Waals surface area contributed by atoms with Crippen LogP contribution in [-0.4, -0.2) is 23.6 Å². The number of benzene rings is 1. The summed E-state index contributed by atoms with van der Waals surface area (Å²) in [6, 6.07) is 8.49. The predicted octanol–water partition coefficient (Wildman–Crippen LogP) is 4.01. The van der Waals surface area contributed by atoms with Crippen LogP contribution in [0.4, 0.5) is 5.69 Å². The lowest BCUT2D eigenvalue weighted by Crippen LogP contribution is -2.23. The van der Waals surface area contributed by atoms with Crippen molar-refractivity contribution >= 4 is 22.6 Å². The van der Waals surface area contributed by atoms with Crippen LogP contribution in [0.25, 0.3) is 0 Å². The highest BCUT2D eigenvalue weighted by molar-refractivity contribution is 8.14. The van der Waals surface area contributed by atoms with Crippen LogP contribution in [0.3, 0.4) is 0 Å². The van der Waals surface area contributed by atoms with Gasteiger partial charge in [-0.3, -0.25) is 4.99 Å². The van der Waals surface area contributed by atoms with E-state index in [1.807, 2.05) is 31.2 Å². The van der Waals surface area contributed by atoms with Crippen LogP contribution in [0.1, 0.15) is 27.2 Å². The van der Waals surface area contributed by atoms with Gasteiger partial charge in [0.25, 0.3) is 0 Å². The summed E-state index contributed by atoms with van der Waals surface area (Å²) in [7, 11) is 0. The first-order chi connectivity index (χ1) is 9.19. The molecule has 1 atom stereocenters. The van der Waals surface area contributed by atoms with Crippen molar-refractivity contribution in [1.29, 1.82) is 0 Å². The monoisotopic (exact) mass is 278 g/mol. The molecule has 1 unspecified atom stereocenters. The standard InChI is InChI=1S/C15H22N2OS/c1-4-18-13-7-5-12(6-8-13)16-15-17-14(11(2)3)9-10-19-15/h5-8,11,14H,4,9-10H2,1-3H3,(H,16,17). The highest BCUT2D eigenvalue weighted by Gasteiger charge is 2.18. The Morgan fingerprint density at radius 2 is 2.11 bits per heavy atom. The van der Waals surface area contributed by atoms with E-state index in [-0.39, 0.29) is 0 Å². The maximum absolute atomic E-state index is 5.44. The fourth-order valence-electron chi connectivity index (χ4n) is 2.00. The molecule has 4 heteroatoms. The molecule has 0 spiro atoms. The van der Waals surface area contributed by atoms with E-state index < -0.39 is 0 Å². The van der Waals surface area contributed by atoms with Gasteiger partial charge in [-0.1, -0.05) is 25.6 Å². The van der Waals surface area contributed by atoms with Gasteiger partial charge < -0.3 is 10.1 Å². The molecule has 2 rings (SSSR count). The summed E-state index contributed by atoms with van der Waals surface area (Å²) in [6.07, 6.45) is 1.18. The molecular formula is C15H22N2OS. The van der Waals surface area contributed by atoms with Crippen molar-refractivity contribution in [3.05, 3.63) is 24.3 Å². The molecular weight excluding hydrogens is 256 g/mol. The number of rotatable bonds is 4. The normalized spacial score (nSPS) is 19.2. The minimum atomic E-state index is 0.450. The van der Waals surface area contributed by atoms with Gasteiger partial charge in [-0.05, 0) is 43.5 Å². The van der Waals surface area contributed by atoms with Gasteiger partial charge in [-0.25, -0.2) is 0 Å². The van der Waals surface area contributed by atoms with E-state index in [0.717, 1.165) is 22.4 Å². The zero-order valence-electron chi connectivity index (χ0n) is 11.8. The van der Waals surface area contributed by atoms with Crippen molar-refractivity contribution in [2.24, 2.45) is 10.9 Å². The van der Waals surface area contributed by atoms with Crippen molar-refractivity contribution in [1.82, 2.24) is 0 Å². The second-order valence-electron chi connectivity index (χ2n) is 4.97. The van der Waals surface area contributed by atoms with Gasteiger partial charge in [-0.15, -0.1) is 0 Å². The van der Waals surface area contributed by atoms with Crippen molar-refractivity contribution < 1.29 is 4.74 Å². The summed E-state index contributed by atoms with van der Waals surface area (Å²) < 4.78 is 5.44. The molecule has 0 saturated carbocycles. The van der Waals surface area contributed by atoms with Crippen LogP contribution in [0.5, 0.6) is 5.75 Å². The number of thioether (sulfide) groups is 1. The lowest BCUT2D eigenvalue weighted by molar-refractivity contribution is 0.340. The van der Waals surface area contributed by atoms with Crippen molar-refractivity contribution in [3.8, 4) is 5.75 Å². The summed E-state index contributed by atoms with van der Waals surface area (Å²) in [6.45, 7) is 7.16. The SMILES string of the molecule is CCOc1ccc(NC2=NC(C(C)C)CCS2)cc1. The summed E-state index contributed by atoms with van der Waals surface area (Å²) in [5.74, 6) is 2.66. The van der Waals surface area contributed by atoms with Crippen molar-refractivity contribution in [3.63, 3.8) is 0 Å². The van der Waals surface area contributed by atoms with Gasteiger partial charge in [0.15, 0.2) is 5.17 Å². The van der Waals surface area contributed by atoms with Crippen LogP contribution < -0.4 is 10.1 Å². The molecule has 1 aliphatic heterocycles. The van der Waals surface area contributed by atoms with E-state index in [4.69, 9.17) is 9.73 Å². The smallest absolute Gasteiger partial charge is 0.161 e. The lowest BCUT2D eigenvalue weighted by atomic mass is 10.0. The average Bonchev–Trinajstić information content (AvgIpc) is 2.42. The molecule has 1 aromatic rings. The molecule has 0 aliphatic carbocycles. The number of hydrogen-bond donors (Lipinski definition) is 1. The number of hydrogen-bond acceptors (Lipinski definition) is 4. The Morgan fingerprint density at radius 1 is 1.37 bits per heavy atom. The van der Waals surface area contributed by atoms with Crippen LogP contribution in [-0.2, 0) is 0 Å². The Hall–Kier alpha value is -1.16. The Bertz CT molecular complexity index is 428. The maximum Gasteiger partial charge on any atom is 0.161 e. The average molecular weight is 278 g/mol. The number of ether oxygens (including phenoxy) is 1. The number of nitrogens with zero attached hydrogens (tertiary/aromatic N) is 1. The summed E-state index contributed by atoms with van der Waals surface area (Å²) in [5, 5.41) is 4.43. The summed E-state index contributed by atoms with van der Waals surface area (Å²) in [4.78, 5) is 4.77. The molecule has 1 heterocycles. The topological polar surface area (TPSA) is 33.6 Å². The predicted molar refractivity (Wildman–Crippen MR) is 84.4 cm³/mol. The van der Waals surface area contributed by atoms with Crippen LogP contribution >= 0.6 is 11.8 Å². The molecule has 0 aromatic heterocycles. The van der Waals surface area contributed by atoms with Crippen LogP contribution in [0.2, 0.25) is 0 Å². The highest BCUT2D eigenvalue weighted by atomic mass is 32.2. The first kappa shape index (κ1) is 14.3. The third kappa shape index (κ3) is 4.16. The van der Waals surface area contributed by atoms with Gasteiger partial charge in [-0.2, -0.15) is 0 Å². The quantitative estimate of drug-likeness (QED) is 0.903. The molecule has 0 fully saturated rings. The van der Waals surface area contributed by atoms with Crippen molar-refractivity contribution in [2.75, 3.05) is 17.7 Å². The Labute approximate surface area is 119 Å². The number of amidine groups is 1. The third-order valence-electron chi connectivity index (χ3n) is 3.12. The molecule has 0 radical (unpaired) electrons.